The number of hydrogen-bond donors (Lipinski definition) is 1. The third-order valence-corrected chi connectivity index (χ3v) is 5.19. The minimum atomic E-state index is -0.193. The zero-order chi connectivity index (χ0) is 17.1. The van der Waals surface area contributed by atoms with Gasteiger partial charge in [0.15, 0.2) is 0 Å². The number of rotatable bonds is 3. The zero-order valence-corrected chi connectivity index (χ0v) is 15.7. The topological polar surface area (TPSA) is 49.4 Å². The summed E-state index contributed by atoms with van der Waals surface area (Å²) in [6, 6.07) is 13.0. The van der Waals surface area contributed by atoms with Gasteiger partial charge in [0.2, 0.25) is 0 Å². The van der Waals surface area contributed by atoms with Gasteiger partial charge in [-0.2, -0.15) is 0 Å². The van der Waals surface area contributed by atoms with Gasteiger partial charge in [-0.05, 0) is 66.1 Å². The van der Waals surface area contributed by atoms with Crippen molar-refractivity contribution < 1.29 is 9.59 Å². The molecule has 1 N–H and O–H groups in total. The van der Waals surface area contributed by atoms with E-state index in [0.29, 0.717) is 16.8 Å². The molecule has 0 spiro atoms. The molecule has 4 nitrogen and oxygen atoms in total. The number of likely N-dealkylation sites (tertiary alicyclic amines) is 1. The number of halogens is 1. The summed E-state index contributed by atoms with van der Waals surface area (Å²) in [5.74, 6) is -0.190. The molecule has 124 valence electrons. The maximum Gasteiger partial charge on any atom is 0.256 e. The molecule has 0 radical (unpaired) electrons. The third-order valence-electron chi connectivity index (χ3n) is 4.25. The molecule has 1 aliphatic rings. The lowest BCUT2D eigenvalue weighted by Crippen LogP contribution is -2.29. The van der Waals surface area contributed by atoms with E-state index in [-0.39, 0.29) is 11.8 Å². The highest BCUT2D eigenvalue weighted by Crippen LogP contribution is 2.24. The van der Waals surface area contributed by atoms with E-state index in [4.69, 9.17) is 0 Å². The molecule has 5 heteroatoms. The summed E-state index contributed by atoms with van der Waals surface area (Å²) in [4.78, 5) is 27.3. The van der Waals surface area contributed by atoms with Gasteiger partial charge in [0.25, 0.3) is 11.8 Å². The number of nitrogens with one attached hydrogen (secondary N) is 1. The second kappa shape index (κ2) is 7.34. The third kappa shape index (κ3) is 3.45. The quantitative estimate of drug-likeness (QED) is 0.741. The van der Waals surface area contributed by atoms with Crippen LogP contribution in [0.3, 0.4) is 0 Å². The molecule has 1 fully saturated rings. The fourth-order valence-corrected chi connectivity index (χ4v) is 3.60. The van der Waals surface area contributed by atoms with Crippen LogP contribution >= 0.6 is 22.6 Å². The number of carbonyl (C=O) groups is 2. The predicted octanol–water partition coefficient (Wildman–Crippen LogP) is 4.09. The standard InChI is InChI=1S/C19H19IN2O2/c1-13-7-6-10-16(17(13)19(24)22-11-4-5-12-22)21-18(23)14-8-2-3-9-15(14)20/h2-3,6-10H,4-5,11-12H2,1H3,(H,21,23). The summed E-state index contributed by atoms with van der Waals surface area (Å²) in [6.45, 7) is 3.49. The molecule has 0 saturated carbocycles. The summed E-state index contributed by atoms with van der Waals surface area (Å²) < 4.78 is 0.882. The Bertz CT molecular complexity index is 783. The van der Waals surface area contributed by atoms with E-state index in [1.54, 1.807) is 12.1 Å². The number of hydrogen-bond acceptors (Lipinski definition) is 2. The van der Waals surface area contributed by atoms with Crippen molar-refractivity contribution in [2.45, 2.75) is 19.8 Å². The molecule has 0 atom stereocenters. The molecule has 0 aromatic heterocycles. The van der Waals surface area contributed by atoms with Gasteiger partial charge in [0, 0.05) is 16.7 Å². The fraction of sp³-hybridized carbons (Fsp3) is 0.263. The molecule has 0 unspecified atom stereocenters. The van der Waals surface area contributed by atoms with Gasteiger partial charge in [-0.3, -0.25) is 9.59 Å². The van der Waals surface area contributed by atoms with Crippen molar-refractivity contribution in [3.63, 3.8) is 0 Å². The Morgan fingerprint density at radius 2 is 1.75 bits per heavy atom. The van der Waals surface area contributed by atoms with Crippen molar-refractivity contribution in [2.75, 3.05) is 18.4 Å². The van der Waals surface area contributed by atoms with Crippen LogP contribution in [0.5, 0.6) is 0 Å². The highest BCUT2D eigenvalue weighted by molar-refractivity contribution is 14.1. The van der Waals surface area contributed by atoms with Gasteiger partial charge >= 0.3 is 0 Å². The SMILES string of the molecule is Cc1cccc(NC(=O)c2ccccc2I)c1C(=O)N1CCCC1. The first kappa shape index (κ1) is 17.0. The predicted molar refractivity (Wildman–Crippen MR) is 103 cm³/mol. The number of amides is 2. The molecule has 1 saturated heterocycles. The van der Waals surface area contributed by atoms with Crippen LogP contribution < -0.4 is 5.32 Å². The van der Waals surface area contributed by atoms with Crippen LogP contribution in [0.15, 0.2) is 42.5 Å². The molecule has 3 rings (SSSR count). The Morgan fingerprint density at radius 3 is 2.46 bits per heavy atom. The highest BCUT2D eigenvalue weighted by atomic mass is 127. The Kier molecular flexibility index (Phi) is 5.18. The van der Waals surface area contributed by atoms with Crippen LogP contribution in [0.1, 0.15) is 39.1 Å². The van der Waals surface area contributed by atoms with Gasteiger partial charge in [0.1, 0.15) is 0 Å². The molecule has 0 aliphatic carbocycles. The summed E-state index contributed by atoms with van der Waals surface area (Å²) in [7, 11) is 0. The first-order valence-electron chi connectivity index (χ1n) is 8.02. The Hall–Kier alpha value is -1.89. The van der Waals surface area contributed by atoms with E-state index in [1.807, 2.05) is 42.2 Å². The van der Waals surface area contributed by atoms with Crippen molar-refractivity contribution in [1.82, 2.24) is 4.90 Å². The molecule has 2 aromatic rings. The van der Waals surface area contributed by atoms with Crippen LogP contribution in [-0.4, -0.2) is 29.8 Å². The Morgan fingerprint density at radius 1 is 1.04 bits per heavy atom. The number of aryl methyl sites for hydroxylation is 1. The lowest BCUT2D eigenvalue weighted by atomic mass is 10.0. The molecular formula is C19H19IN2O2. The fourth-order valence-electron chi connectivity index (χ4n) is 2.97. The highest BCUT2D eigenvalue weighted by Gasteiger charge is 2.24. The van der Waals surface area contributed by atoms with Gasteiger partial charge in [-0.15, -0.1) is 0 Å². The number of anilines is 1. The number of benzene rings is 2. The average molecular weight is 434 g/mol. The minimum absolute atomic E-state index is 0.00339. The summed E-state index contributed by atoms with van der Waals surface area (Å²) >= 11 is 2.14. The Labute approximate surface area is 155 Å². The first-order chi connectivity index (χ1) is 11.6. The smallest absolute Gasteiger partial charge is 0.256 e. The lowest BCUT2D eigenvalue weighted by Gasteiger charge is -2.20. The van der Waals surface area contributed by atoms with Crippen molar-refractivity contribution in [1.29, 1.82) is 0 Å². The van der Waals surface area contributed by atoms with Crippen molar-refractivity contribution in [3.8, 4) is 0 Å². The van der Waals surface area contributed by atoms with E-state index in [0.717, 1.165) is 35.1 Å². The van der Waals surface area contributed by atoms with Crippen molar-refractivity contribution >= 4 is 40.1 Å². The van der Waals surface area contributed by atoms with Crippen LogP contribution in [0.2, 0.25) is 0 Å². The lowest BCUT2D eigenvalue weighted by molar-refractivity contribution is 0.0793. The monoisotopic (exact) mass is 434 g/mol. The second-order valence-corrected chi connectivity index (χ2v) is 7.09. The first-order valence-corrected chi connectivity index (χ1v) is 9.10. The van der Waals surface area contributed by atoms with Gasteiger partial charge < -0.3 is 10.2 Å². The van der Waals surface area contributed by atoms with Gasteiger partial charge in [0.05, 0.1) is 16.8 Å². The van der Waals surface area contributed by atoms with E-state index in [9.17, 15) is 9.59 Å². The summed E-state index contributed by atoms with van der Waals surface area (Å²) in [5, 5.41) is 2.92. The van der Waals surface area contributed by atoms with Crippen LogP contribution in [0.4, 0.5) is 5.69 Å². The summed E-state index contributed by atoms with van der Waals surface area (Å²) in [6.07, 6.45) is 2.09. The van der Waals surface area contributed by atoms with E-state index < -0.39 is 0 Å². The summed E-state index contributed by atoms with van der Waals surface area (Å²) in [5.41, 5.74) is 2.67. The average Bonchev–Trinajstić information content (AvgIpc) is 3.09. The largest absolute Gasteiger partial charge is 0.339 e. The molecule has 24 heavy (non-hydrogen) atoms. The Balaban J connectivity index is 1.91. The van der Waals surface area contributed by atoms with Crippen LogP contribution in [0, 0.1) is 10.5 Å². The van der Waals surface area contributed by atoms with Gasteiger partial charge in [-0.1, -0.05) is 24.3 Å². The second-order valence-electron chi connectivity index (χ2n) is 5.93. The normalized spacial score (nSPS) is 13.8. The van der Waals surface area contributed by atoms with Gasteiger partial charge in [-0.25, -0.2) is 0 Å². The molecule has 0 bridgehead atoms. The van der Waals surface area contributed by atoms with Crippen molar-refractivity contribution in [3.05, 3.63) is 62.7 Å². The molecule has 1 aliphatic heterocycles. The maximum absolute atomic E-state index is 12.8. The van der Waals surface area contributed by atoms with Crippen LogP contribution in [0.25, 0.3) is 0 Å². The molecule has 1 heterocycles. The van der Waals surface area contributed by atoms with Crippen molar-refractivity contribution in [2.24, 2.45) is 0 Å². The van der Waals surface area contributed by atoms with E-state index in [1.165, 1.54) is 0 Å². The molecule has 2 aromatic carbocycles. The number of nitrogens with zero attached hydrogens (tertiary/aromatic N) is 1. The molecular weight excluding hydrogens is 415 g/mol. The minimum Gasteiger partial charge on any atom is -0.339 e. The van der Waals surface area contributed by atoms with E-state index >= 15 is 0 Å². The molecule has 2 amide bonds. The van der Waals surface area contributed by atoms with E-state index in [2.05, 4.69) is 27.9 Å². The zero-order valence-electron chi connectivity index (χ0n) is 13.5. The maximum atomic E-state index is 12.8. The van der Waals surface area contributed by atoms with Crippen LogP contribution in [-0.2, 0) is 0 Å². The number of carbonyl (C=O) groups excluding carboxylic acids is 2.